The Hall–Kier alpha value is -3.10. The van der Waals surface area contributed by atoms with Crippen molar-refractivity contribution in [3.8, 4) is 0 Å². The van der Waals surface area contributed by atoms with Gasteiger partial charge in [-0.1, -0.05) is 30.3 Å². The van der Waals surface area contributed by atoms with Crippen LogP contribution in [0.4, 0.5) is 4.79 Å². The quantitative estimate of drug-likeness (QED) is 0.527. The van der Waals surface area contributed by atoms with E-state index in [1.54, 1.807) is 25.7 Å². The van der Waals surface area contributed by atoms with Crippen molar-refractivity contribution in [2.24, 2.45) is 5.92 Å². The Morgan fingerprint density at radius 3 is 2.43 bits per heavy atom. The number of hydrogen-bond donors (Lipinski definition) is 2. The van der Waals surface area contributed by atoms with E-state index in [9.17, 15) is 19.2 Å². The monoisotopic (exact) mass is 417 g/mol. The molecule has 0 spiro atoms. The van der Waals surface area contributed by atoms with Gasteiger partial charge in [-0.3, -0.25) is 9.59 Å². The lowest BCUT2D eigenvalue weighted by Crippen LogP contribution is -2.65. The third-order valence-electron chi connectivity index (χ3n) is 4.86. The number of nitrogens with zero attached hydrogens (tertiary/aromatic N) is 1. The molecule has 30 heavy (non-hydrogen) atoms. The van der Waals surface area contributed by atoms with Crippen molar-refractivity contribution < 1.29 is 28.7 Å². The van der Waals surface area contributed by atoms with Crippen LogP contribution in [0.3, 0.4) is 0 Å². The van der Waals surface area contributed by atoms with Crippen molar-refractivity contribution in [3.05, 3.63) is 35.9 Å². The highest BCUT2D eigenvalue weighted by Crippen LogP contribution is 2.23. The molecule has 2 aliphatic rings. The second kappa shape index (κ2) is 8.73. The van der Waals surface area contributed by atoms with Crippen molar-refractivity contribution >= 4 is 23.9 Å². The van der Waals surface area contributed by atoms with Gasteiger partial charge in [0.1, 0.15) is 18.2 Å². The summed E-state index contributed by atoms with van der Waals surface area (Å²) in [6, 6.07) is 8.20. The first kappa shape index (κ1) is 21.6. The summed E-state index contributed by atoms with van der Waals surface area (Å²) in [4.78, 5) is 49.8. The molecule has 2 aliphatic heterocycles. The van der Waals surface area contributed by atoms with Gasteiger partial charge in [0.25, 0.3) is 0 Å². The van der Waals surface area contributed by atoms with Gasteiger partial charge in [0.15, 0.2) is 0 Å². The average Bonchev–Trinajstić information content (AvgIpc) is 2.64. The Kier molecular flexibility index (Phi) is 6.28. The summed E-state index contributed by atoms with van der Waals surface area (Å²) < 4.78 is 10.4. The van der Waals surface area contributed by atoms with Crippen molar-refractivity contribution in [3.63, 3.8) is 0 Å². The van der Waals surface area contributed by atoms with Gasteiger partial charge in [-0.05, 0) is 26.3 Å². The number of benzene rings is 1. The molecule has 1 aromatic rings. The Bertz CT molecular complexity index is 814. The molecule has 2 atom stereocenters. The molecule has 0 radical (unpaired) electrons. The van der Waals surface area contributed by atoms with Crippen molar-refractivity contribution in [1.29, 1.82) is 0 Å². The fraction of sp³-hybridized carbons (Fsp3) is 0.524. The second-order valence-corrected chi connectivity index (χ2v) is 8.53. The molecule has 3 amide bonds. The molecule has 9 nitrogen and oxygen atoms in total. The molecule has 0 saturated carbocycles. The molecule has 2 heterocycles. The second-order valence-electron chi connectivity index (χ2n) is 8.53. The normalized spacial score (nSPS) is 21.0. The SMILES string of the molecule is CC(C)(C)OC(=O)NC1CN(C(=O)C[C@H]2C(=O)N[C@@H]2C(=O)OCc2ccccc2)C1. The third kappa shape index (κ3) is 5.49. The highest BCUT2D eigenvalue weighted by atomic mass is 16.6. The minimum Gasteiger partial charge on any atom is -0.459 e. The summed E-state index contributed by atoms with van der Waals surface area (Å²) in [5.74, 6) is -1.87. The Balaban J connectivity index is 1.41. The Morgan fingerprint density at radius 2 is 1.83 bits per heavy atom. The predicted molar refractivity (Wildman–Crippen MR) is 106 cm³/mol. The first-order chi connectivity index (χ1) is 14.1. The molecule has 1 aromatic carbocycles. The number of rotatable bonds is 6. The number of nitrogens with one attached hydrogen (secondary N) is 2. The average molecular weight is 417 g/mol. The summed E-state index contributed by atoms with van der Waals surface area (Å²) in [6.07, 6.45) is -0.602. The Morgan fingerprint density at radius 1 is 1.17 bits per heavy atom. The molecular formula is C21H27N3O6. The number of β-lactam (4-membered cyclic amide) rings is 1. The summed E-state index contributed by atoms with van der Waals surface area (Å²) in [5.41, 5.74) is 0.249. The first-order valence-electron chi connectivity index (χ1n) is 9.90. The summed E-state index contributed by atoms with van der Waals surface area (Å²) in [5, 5.41) is 5.21. The van der Waals surface area contributed by atoms with Gasteiger partial charge in [-0.2, -0.15) is 0 Å². The topological polar surface area (TPSA) is 114 Å². The van der Waals surface area contributed by atoms with Crippen LogP contribution in [0, 0.1) is 5.92 Å². The maximum absolute atomic E-state index is 12.4. The molecule has 0 unspecified atom stereocenters. The number of esters is 1. The minimum atomic E-state index is -0.817. The van der Waals surface area contributed by atoms with E-state index in [4.69, 9.17) is 9.47 Å². The molecule has 2 fully saturated rings. The van der Waals surface area contributed by atoms with Crippen LogP contribution in [0.2, 0.25) is 0 Å². The smallest absolute Gasteiger partial charge is 0.407 e. The highest BCUT2D eigenvalue weighted by Gasteiger charge is 2.47. The highest BCUT2D eigenvalue weighted by molar-refractivity contribution is 5.99. The van der Waals surface area contributed by atoms with Crippen LogP contribution in [0.5, 0.6) is 0 Å². The lowest BCUT2D eigenvalue weighted by atomic mass is 9.86. The van der Waals surface area contributed by atoms with Crippen LogP contribution in [-0.4, -0.2) is 59.6 Å². The van der Waals surface area contributed by atoms with Gasteiger partial charge < -0.3 is 25.0 Å². The summed E-state index contributed by atoms with van der Waals surface area (Å²) >= 11 is 0. The van der Waals surface area contributed by atoms with Crippen LogP contribution in [0.1, 0.15) is 32.8 Å². The van der Waals surface area contributed by atoms with Gasteiger partial charge in [0.05, 0.1) is 12.0 Å². The van der Waals surface area contributed by atoms with Crippen molar-refractivity contribution in [2.75, 3.05) is 13.1 Å². The molecular weight excluding hydrogens is 390 g/mol. The van der Waals surface area contributed by atoms with Gasteiger partial charge in [-0.25, -0.2) is 9.59 Å². The summed E-state index contributed by atoms with van der Waals surface area (Å²) in [7, 11) is 0. The van der Waals surface area contributed by atoms with E-state index in [-0.39, 0.29) is 30.9 Å². The number of hydrogen-bond acceptors (Lipinski definition) is 6. The van der Waals surface area contributed by atoms with E-state index in [1.165, 1.54) is 0 Å². The zero-order chi connectivity index (χ0) is 21.9. The molecule has 2 saturated heterocycles. The fourth-order valence-electron chi connectivity index (χ4n) is 3.23. The third-order valence-corrected chi connectivity index (χ3v) is 4.86. The number of alkyl carbamates (subject to hydrolysis) is 1. The van der Waals surface area contributed by atoms with E-state index in [2.05, 4.69) is 10.6 Å². The lowest BCUT2D eigenvalue weighted by Gasteiger charge is -2.41. The van der Waals surface area contributed by atoms with Crippen LogP contribution in [0.15, 0.2) is 30.3 Å². The molecule has 3 rings (SSSR count). The van der Waals surface area contributed by atoms with E-state index in [0.29, 0.717) is 13.1 Å². The van der Waals surface area contributed by atoms with Crippen LogP contribution in [-0.2, 0) is 30.5 Å². The number of ether oxygens (including phenoxy) is 2. The zero-order valence-electron chi connectivity index (χ0n) is 17.3. The van der Waals surface area contributed by atoms with Gasteiger partial charge in [-0.15, -0.1) is 0 Å². The van der Waals surface area contributed by atoms with Crippen LogP contribution in [0.25, 0.3) is 0 Å². The van der Waals surface area contributed by atoms with Crippen molar-refractivity contribution in [1.82, 2.24) is 15.5 Å². The fourth-order valence-corrected chi connectivity index (χ4v) is 3.23. The molecule has 2 N–H and O–H groups in total. The zero-order valence-corrected chi connectivity index (χ0v) is 17.3. The van der Waals surface area contributed by atoms with Crippen molar-refractivity contribution in [2.45, 2.75) is 51.5 Å². The maximum Gasteiger partial charge on any atom is 0.407 e. The molecule has 162 valence electrons. The molecule has 9 heteroatoms. The van der Waals surface area contributed by atoms with Gasteiger partial charge in [0, 0.05) is 19.5 Å². The van der Waals surface area contributed by atoms with Gasteiger partial charge in [0.2, 0.25) is 11.8 Å². The molecule has 0 aliphatic carbocycles. The number of likely N-dealkylation sites (tertiary alicyclic amines) is 1. The summed E-state index contributed by atoms with van der Waals surface area (Å²) in [6.45, 7) is 6.11. The predicted octanol–water partition coefficient (Wildman–Crippen LogP) is 0.970. The van der Waals surface area contributed by atoms with Crippen LogP contribution < -0.4 is 10.6 Å². The van der Waals surface area contributed by atoms with E-state index >= 15 is 0 Å². The van der Waals surface area contributed by atoms with E-state index in [0.717, 1.165) is 5.56 Å². The maximum atomic E-state index is 12.4. The first-order valence-corrected chi connectivity index (χ1v) is 9.90. The Labute approximate surface area is 175 Å². The molecule has 0 aromatic heterocycles. The minimum absolute atomic E-state index is 0.0733. The number of amides is 3. The number of carbonyl (C=O) groups is 4. The van der Waals surface area contributed by atoms with E-state index in [1.807, 2.05) is 30.3 Å². The number of carbonyl (C=O) groups excluding carboxylic acids is 4. The van der Waals surface area contributed by atoms with Gasteiger partial charge >= 0.3 is 12.1 Å². The lowest BCUT2D eigenvalue weighted by molar-refractivity contribution is -0.160. The molecule has 0 bridgehead atoms. The van der Waals surface area contributed by atoms with Crippen LogP contribution >= 0.6 is 0 Å². The standard InChI is InChI=1S/C21H27N3O6/c1-21(2,3)30-20(28)22-14-10-24(11-14)16(25)9-15-17(23-18(15)26)19(27)29-12-13-7-5-4-6-8-13/h4-8,14-15,17H,9-12H2,1-3H3,(H,22,28)(H,23,26)/t15-,17+/m1/s1. The van der Waals surface area contributed by atoms with E-state index < -0.39 is 29.6 Å². The largest absolute Gasteiger partial charge is 0.459 e.